The monoisotopic (exact) mass is 617 g/mol. The SMILES string of the molecule is CC(=O)Nc1ccc(S(=O)(=O)Nc2ccc(N3CCC(NC[C@@H](O)c4ccc(O)c(NS(C)(=O)=O)c4)CC3)cc2)cc1. The molecule has 0 spiro atoms. The summed E-state index contributed by atoms with van der Waals surface area (Å²) in [6.07, 6.45) is 1.74. The zero-order chi connectivity index (χ0) is 30.5. The van der Waals surface area contributed by atoms with Crippen molar-refractivity contribution in [1.82, 2.24) is 5.32 Å². The molecule has 1 atom stereocenters. The Hall–Kier alpha value is -3.85. The van der Waals surface area contributed by atoms with Crippen LogP contribution in [0.4, 0.5) is 22.7 Å². The first-order chi connectivity index (χ1) is 19.8. The summed E-state index contributed by atoms with van der Waals surface area (Å²) in [5, 5.41) is 26.5. The molecule has 6 N–H and O–H groups in total. The van der Waals surface area contributed by atoms with Gasteiger partial charge in [-0.3, -0.25) is 14.2 Å². The fourth-order valence-corrected chi connectivity index (χ4v) is 6.28. The van der Waals surface area contributed by atoms with Crippen molar-refractivity contribution in [1.29, 1.82) is 0 Å². The number of amides is 1. The van der Waals surface area contributed by atoms with Gasteiger partial charge >= 0.3 is 0 Å². The molecular weight excluding hydrogens is 582 g/mol. The molecule has 4 rings (SSSR count). The Balaban J connectivity index is 1.26. The van der Waals surface area contributed by atoms with Gasteiger partial charge in [0.25, 0.3) is 10.0 Å². The summed E-state index contributed by atoms with van der Waals surface area (Å²) < 4.78 is 53.4. The number of phenolic OH excluding ortho intramolecular Hbond substituents is 1. The number of nitrogens with one attached hydrogen (secondary N) is 4. The zero-order valence-corrected chi connectivity index (χ0v) is 24.9. The Kier molecular flexibility index (Phi) is 9.61. The van der Waals surface area contributed by atoms with Gasteiger partial charge in [0, 0.05) is 49.7 Å². The number of sulfonamides is 2. The summed E-state index contributed by atoms with van der Waals surface area (Å²) in [6.45, 7) is 3.17. The Morgan fingerprint density at radius 2 is 1.55 bits per heavy atom. The average molecular weight is 618 g/mol. The number of benzene rings is 3. The molecule has 0 aliphatic carbocycles. The van der Waals surface area contributed by atoms with Crippen molar-refractivity contribution >= 4 is 48.7 Å². The van der Waals surface area contributed by atoms with E-state index in [9.17, 15) is 31.8 Å². The van der Waals surface area contributed by atoms with Crippen LogP contribution in [0.3, 0.4) is 0 Å². The average Bonchev–Trinajstić information content (AvgIpc) is 2.93. The van der Waals surface area contributed by atoms with Gasteiger partial charge in [0.2, 0.25) is 15.9 Å². The van der Waals surface area contributed by atoms with Crippen LogP contribution in [0.25, 0.3) is 0 Å². The number of carbonyl (C=O) groups excluding carboxylic acids is 1. The van der Waals surface area contributed by atoms with E-state index in [2.05, 4.69) is 25.0 Å². The number of rotatable bonds is 11. The molecule has 0 radical (unpaired) electrons. The quantitative estimate of drug-likeness (QED) is 0.177. The molecule has 0 aromatic heterocycles. The summed E-state index contributed by atoms with van der Waals surface area (Å²) in [5.41, 5.74) is 2.39. The van der Waals surface area contributed by atoms with Crippen molar-refractivity contribution < 1.29 is 31.8 Å². The van der Waals surface area contributed by atoms with Crippen molar-refractivity contribution in [3.05, 3.63) is 72.3 Å². The fraction of sp³-hybridized carbons (Fsp3) is 0.321. The third-order valence-electron chi connectivity index (χ3n) is 6.77. The minimum absolute atomic E-state index is 0.0125. The second-order valence-corrected chi connectivity index (χ2v) is 13.6. The highest BCUT2D eigenvalue weighted by atomic mass is 32.2. The van der Waals surface area contributed by atoms with Crippen LogP contribution >= 0.6 is 0 Å². The Morgan fingerprint density at radius 3 is 2.14 bits per heavy atom. The predicted octanol–water partition coefficient (Wildman–Crippen LogP) is 2.81. The van der Waals surface area contributed by atoms with E-state index < -0.39 is 26.2 Å². The maximum atomic E-state index is 12.8. The lowest BCUT2D eigenvalue weighted by molar-refractivity contribution is -0.114. The lowest BCUT2D eigenvalue weighted by Crippen LogP contribution is -2.43. The summed E-state index contributed by atoms with van der Waals surface area (Å²) in [4.78, 5) is 13.5. The molecule has 12 nitrogen and oxygen atoms in total. The molecule has 3 aromatic rings. The van der Waals surface area contributed by atoms with E-state index in [4.69, 9.17) is 0 Å². The lowest BCUT2D eigenvalue weighted by atomic mass is 10.0. The molecule has 226 valence electrons. The van der Waals surface area contributed by atoms with E-state index in [1.54, 1.807) is 18.2 Å². The standard InChI is InChI=1S/C28H35N5O7S2/c1-19(34)30-22-6-10-25(11-7-22)42(39,40)31-23-4-8-24(9-5-23)33-15-13-21(14-16-33)29-18-28(36)20-3-12-27(35)26(17-20)32-41(2,37)38/h3-12,17,21,28-29,31-32,35-36H,13-16,18H2,1-2H3,(H,30,34)/t28-/m1/s1. The van der Waals surface area contributed by atoms with Gasteiger partial charge in [0.05, 0.1) is 22.9 Å². The highest BCUT2D eigenvalue weighted by molar-refractivity contribution is 7.92. The van der Waals surface area contributed by atoms with Crippen LogP contribution in [0, 0.1) is 0 Å². The van der Waals surface area contributed by atoms with Gasteiger partial charge in [-0.25, -0.2) is 16.8 Å². The van der Waals surface area contributed by atoms with Crippen molar-refractivity contribution in [3.63, 3.8) is 0 Å². The first-order valence-corrected chi connectivity index (χ1v) is 16.6. The Labute approximate surface area is 245 Å². The largest absolute Gasteiger partial charge is 0.506 e. The summed E-state index contributed by atoms with van der Waals surface area (Å²) in [5.74, 6) is -0.466. The molecule has 1 amide bonds. The number of piperidine rings is 1. The molecule has 1 saturated heterocycles. The number of aliphatic hydroxyl groups excluding tert-OH is 1. The number of hydrogen-bond acceptors (Lipinski definition) is 9. The van der Waals surface area contributed by atoms with Gasteiger partial charge in [-0.15, -0.1) is 0 Å². The summed E-state index contributed by atoms with van der Waals surface area (Å²) >= 11 is 0. The molecule has 1 heterocycles. The molecule has 14 heteroatoms. The van der Waals surface area contributed by atoms with E-state index >= 15 is 0 Å². The number of aromatic hydroxyl groups is 1. The van der Waals surface area contributed by atoms with E-state index in [0.29, 0.717) is 16.9 Å². The Bertz CT molecular complexity index is 1610. The summed E-state index contributed by atoms with van der Waals surface area (Å²) in [7, 11) is -7.38. The van der Waals surface area contributed by atoms with Crippen LogP contribution in [-0.4, -0.2) is 64.9 Å². The van der Waals surface area contributed by atoms with E-state index in [1.165, 1.54) is 43.3 Å². The fourth-order valence-electron chi connectivity index (χ4n) is 4.66. The highest BCUT2D eigenvalue weighted by Gasteiger charge is 2.21. The second kappa shape index (κ2) is 13.0. The smallest absolute Gasteiger partial charge is 0.261 e. The number of aliphatic hydroxyl groups is 1. The van der Waals surface area contributed by atoms with Crippen LogP contribution in [0.2, 0.25) is 0 Å². The molecule has 1 fully saturated rings. The third-order valence-corrected chi connectivity index (χ3v) is 8.75. The number of anilines is 4. The van der Waals surface area contributed by atoms with Crippen molar-refractivity contribution in [2.24, 2.45) is 0 Å². The number of nitrogens with zero attached hydrogens (tertiary/aromatic N) is 1. The van der Waals surface area contributed by atoms with Gasteiger partial charge in [-0.1, -0.05) is 6.07 Å². The summed E-state index contributed by atoms with van der Waals surface area (Å²) in [6, 6.07) is 17.5. The van der Waals surface area contributed by atoms with Crippen LogP contribution in [0.15, 0.2) is 71.6 Å². The molecule has 42 heavy (non-hydrogen) atoms. The maximum absolute atomic E-state index is 12.8. The van der Waals surface area contributed by atoms with E-state index in [-0.39, 0.29) is 34.8 Å². The van der Waals surface area contributed by atoms with Gasteiger partial charge in [0.1, 0.15) is 5.75 Å². The Morgan fingerprint density at radius 1 is 0.929 bits per heavy atom. The normalized spacial score (nSPS) is 15.2. The van der Waals surface area contributed by atoms with Crippen LogP contribution in [0.5, 0.6) is 5.75 Å². The first-order valence-electron chi connectivity index (χ1n) is 13.3. The van der Waals surface area contributed by atoms with Gasteiger partial charge in [0.15, 0.2) is 0 Å². The van der Waals surface area contributed by atoms with E-state index in [0.717, 1.165) is 37.9 Å². The van der Waals surface area contributed by atoms with Gasteiger partial charge < -0.3 is 25.7 Å². The topological polar surface area (TPSA) is 177 Å². The van der Waals surface area contributed by atoms with Crippen molar-refractivity contribution in [2.75, 3.05) is 45.6 Å². The minimum Gasteiger partial charge on any atom is -0.506 e. The predicted molar refractivity (Wildman–Crippen MR) is 163 cm³/mol. The molecule has 0 saturated carbocycles. The zero-order valence-electron chi connectivity index (χ0n) is 23.2. The third kappa shape index (κ3) is 8.58. The van der Waals surface area contributed by atoms with Gasteiger partial charge in [-0.2, -0.15) is 0 Å². The molecule has 0 unspecified atom stereocenters. The number of carbonyl (C=O) groups is 1. The lowest BCUT2D eigenvalue weighted by Gasteiger charge is -2.34. The van der Waals surface area contributed by atoms with Crippen molar-refractivity contribution in [2.45, 2.75) is 36.8 Å². The highest BCUT2D eigenvalue weighted by Crippen LogP contribution is 2.28. The van der Waals surface area contributed by atoms with E-state index in [1.807, 2.05) is 12.1 Å². The van der Waals surface area contributed by atoms with Crippen LogP contribution < -0.4 is 25.0 Å². The maximum Gasteiger partial charge on any atom is 0.261 e. The van der Waals surface area contributed by atoms with Gasteiger partial charge in [-0.05, 0) is 79.1 Å². The molecular formula is C28H35N5O7S2. The second-order valence-electron chi connectivity index (χ2n) is 10.2. The molecule has 1 aliphatic rings. The molecule has 0 bridgehead atoms. The minimum atomic E-state index is -3.80. The number of hydrogen-bond donors (Lipinski definition) is 6. The molecule has 3 aromatic carbocycles. The number of phenols is 1. The van der Waals surface area contributed by atoms with Crippen LogP contribution in [0.1, 0.15) is 31.4 Å². The van der Waals surface area contributed by atoms with Crippen LogP contribution in [-0.2, 0) is 24.8 Å². The molecule has 1 aliphatic heterocycles. The van der Waals surface area contributed by atoms with Crippen molar-refractivity contribution in [3.8, 4) is 5.75 Å². The first kappa shape index (κ1) is 31.1.